The number of carbonyl (C=O) groups excluding carboxylic acids is 1. The smallest absolute Gasteiger partial charge is 0.360 e. The van der Waals surface area contributed by atoms with Gasteiger partial charge in [0.1, 0.15) is 0 Å². The van der Waals surface area contributed by atoms with E-state index >= 15 is 0 Å². The fraction of sp³-hybridized carbons (Fsp3) is 0.200. The maximum absolute atomic E-state index is 11.5. The average molecular weight is 250 g/mol. The molecule has 0 aliphatic heterocycles. The van der Waals surface area contributed by atoms with Gasteiger partial charge in [0.15, 0.2) is 18.1 Å². The molecule has 18 heavy (non-hydrogen) atoms. The highest BCUT2D eigenvalue weighted by atomic mass is 16.5. The highest BCUT2D eigenvalue weighted by Gasteiger charge is 2.12. The highest BCUT2D eigenvalue weighted by molar-refractivity contribution is 5.87. The van der Waals surface area contributed by atoms with Gasteiger partial charge in [0.25, 0.3) is 0 Å². The molecular formula is C10H10N4O4. The number of aromatic carboxylic acids is 1. The van der Waals surface area contributed by atoms with E-state index in [0.717, 1.165) is 5.69 Å². The SMILES string of the molecule is Cc1cc(C(=O)OCn2ccc(C(=O)O)n2)n[nH]1. The van der Waals surface area contributed by atoms with Gasteiger partial charge in [-0.1, -0.05) is 0 Å². The number of aryl methyl sites for hydroxylation is 1. The molecule has 8 nitrogen and oxygen atoms in total. The summed E-state index contributed by atoms with van der Waals surface area (Å²) in [4.78, 5) is 22.1. The number of nitrogens with zero attached hydrogens (tertiary/aromatic N) is 3. The van der Waals surface area contributed by atoms with Crippen molar-refractivity contribution in [1.29, 1.82) is 0 Å². The zero-order valence-corrected chi connectivity index (χ0v) is 9.45. The largest absolute Gasteiger partial charge is 0.476 e. The van der Waals surface area contributed by atoms with E-state index in [4.69, 9.17) is 9.84 Å². The normalized spacial score (nSPS) is 10.3. The zero-order valence-electron chi connectivity index (χ0n) is 9.45. The number of hydrogen-bond donors (Lipinski definition) is 2. The lowest BCUT2D eigenvalue weighted by Gasteiger charge is -2.02. The van der Waals surface area contributed by atoms with Gasteiger partial charge in [-0.2, -0.15) is 10.2 Å². The molecule has 2 aromatic rings. The van der Waals surface area contributed by atoms with E-state index in [0.29, 0.717) is 0 Å². The van der Waals surface area contributed by atoms with Crippen molar-refractivity contribution in [2.24, 2.45) is 0 Å². The Hall–Kier alpha value is -2.64. The molecule has 2 aromatic heterocycles. The summed E-state index contributed by atoms with van der Waals surface area (Å²) >= 11 is 0. The number of ether oxygens (including phenoxy) is 1. The van der Waals surface area contributed by atoms with Gasteiger partial charge in [-0.05, 0) is 19.1 Å². The molecule has 0 fully saturated rings. The molecule has 0 atom stereocenters. The molecule has 2 rings (SSSR count). The predicted octanol–water partition coefficient (Wildman–Crippen LogP) is 0.427. The predicted molar refractivity (Wildman–Crippen MR) is 57.9 cm³/mol. The average Bonchev–Trinajstić information content (AvgIpc) is 2.94. The Morgan fingerprint density at radius 1 is 1.50 bits per heavy atom. The lowest BCUT2D eigenvalue weighted by molar-refractivity contribution is 0.0342. The molecule has 0 aromatic carbocycles. The van der Waals surface area contributed by atoms with Crippen LogP contribution in [0.4, 0.5) is 0 Å². The summed E-state index contributed by atoms with van der Waals surface area (Å²) in [6.45, 7) is 1.59. The molecule has 0 spiro atoms. The lowest BCUT2D eigenvalue weighted by Crippen LogP contribution is -2.11. The Morgan fingerprint density at radius 2 is 2.28 bits per heavy atom. The Labute approximate surface area is 101 Å². The third-order valence-corrected chi connectivity index (χ3v) is 2.10. The van der Waals surface area contributed by atoms with Crippen molar-refractivity contribution in [1.82, 2.24) is 20.0 Å². The van der Waals surface area contributed by atoms with Gasteiger partial charge in [-0.15, -0.1) is 0 Å². The van der Waals surface area contributed by atoms with Crippen LogP contribution in [-0.2, 0) is 11.5 Å². The van der Waals surface area contributed by atoms with Gasteiger partial charge < -0.3 is 9.84 Å². The van der Waals surface area contributed by atoms with Crippen molar-refractivity contribution < 1.29 is 19.4 Å². The lowest BCUT2D eigenvalue weighted by atomic mass is 10.4. The van der Waals surface area contributed by atoms with Gasteiger partial charge in [0.05, 0.1) is 0 Å². The topological polar surface area (TPSA) is 110 Å². The van der Waals surface area contributed by atoms with E-state index < -0.39 is 11.9 Å². The first-order valence-corrected chi connectivity index (χ1v) is 5.02. The molecule has 0 unspecified atom stereocenters. The molecule has 0 aliphatic carbocycles. The van der Waals surface area contributed by atoms with E-state index in [2.05, 4.69) is 15.3 Å². The summed E-state index contributed by atoms with van der Waals surface area (Å²) in [5.41, 5.74) is 0.800. The molecule has 2 heterocycles. The minimum Gasteiger partial charge on any atom is -0.476 e. The summed E-state index contributed by atoms with van der Waals surface area (Å²) in [6.07, 6.45) is 1.41. The summed E-state index contributed by atoms with van der Waals surface area (Å²) in [5, 5.41) is 18.7. The summed E-state index contributed by atoms with van der Waals surface area (Å²) in [7, 11) is 0. The first-order chi connectivity index (χ1) is 8.56. The van der Waals surface area contributed by atoms with Crippen LogP contribution < -0.4 is 0 Å². The fourth-order valence-electron chi connectivity index (χ4n) is 1.27. The van der Waals surface area contributed by atoms with E-state index in [1.165, 1.54) is 16.9 Å². The van der Waals surface area contributed by atoms with Crippen LogP contribution in [0.5, 0.6) is 0 Å². The molecular weight excluding hydrogens is 240 g/mol. The van der Waals surface area contributed by atoms with Crippen LogP contribution >= 0.6 is 0 Å². The van der Waals surface area contributed by atoms with Crippen molar-refractivity contribution in [3.8, 4) is 0 Å². The number of aromatic amines is 1. The molecule has 0 aliphatic rings. The maximum Gasteiger partial charge on any atom is 0.360 e. The summed E-state index contributed by atoms with van der Waals surface area (Å²) < 4.78 is 6.12. The van der Waals surface area contributed by atoms with Gasteiger partial charge >= 0.3 is 11.9 Å². The third kappa shape index (κ3) is 2.54. The molecule has 8 heteroatoms. The highest BCUT2D eigenvalue weighted by Crippen LogP contribution is 2.02. The van der Waals surface area contributed by atoms with E-state index in [9.17, 15) is 9.59 Å². The van der Waals surface area contributed by atoms with Gasteiger partial charge in [0, 0.05) is 11.9 Å². The van der Waals surface area contributed by atoms with Crippen molar-refractivity contribution in [2.75, 3.05) is 0 Å². The maximum atomic E-state index is 11.5. The van der Waals surface area contributed by atoms with Gasteiger partial charge in [-0.3, -0.25) is 5.10 Å². The van der Waals surface area contributed by atoms with Crippen LogP contribution in [0.15, 0.2) is 18.3 Å². The number of nitrogens with one attached hydrogen (secondary N) is 1. The minimum absolute atomic E-state index is 0.110. The number of carboxylic acid groups (broad SMARTS) is 1. The number of H-pyrrole nitrogens is 1. The Morgan fingerprint density at radius 3 is 2.83 bits per heavy atom. The second-order valence-corrected chi connectivity index (χ2v) is 3.54. The Balaban J connectivity index is 1.95. The van der Waals surface area contributed by atoms with Gasteiger partial charge in [0.2, 0.25) is 0 Å². The number of carboxylic acids is 1. The molecule has 0 saturated heterocycles. The van der Waals surface area contributed by atoms with Crippen LogP contribution in [0.25, 0.3) is 0 Å². The molecule has 0 bridgehead atoms. The molecule has 0 saturated carbocycles. The van der Waals surface area contributed by atoms with E-state index in [1.54, 1.807) is 13.0 Å². The number of esters is 1. The fourth-order valence-corrected chi connectivity index (χ4v) is 1.27. The molecule has 0 radical (unpaired) electrons. The summed E-state index contributed by atoms with van der Waals surface area (Å²) in [6, 6.07) is 2.86. The Kier molecular flexibility index (Phi) is 3.09. The summed E-state index contributed by atoms with van der Waals surface area (Å²) in [5.74, 6) is -1.74. The number of carbonyl (C=O) groups is 2. The van der Waals surface area contributed by atoms with Crippen LogP contribution in [-0.4, -0.2) is 37.0 Å². The second-order valence-electron chi connectivity index (χ2n) is 3.54. The zero-order chi connectivity index (χ0) is 13.1. The number of rotatable bonds is 4. The number of hydrogen-bond acceptors (Lipinski definition) is 5. The number of aromatic nitrogens is 4. The molecule has 0 amide bonds. The van der Waals surface area contributed by atoms with Crippen LogP contribution in [0.3, 0.4) is 0 Å². The van der Waals surface area contributed by atoms with Crippen LogP contribution in [0.1, 0.15) is 26.7 Å². The molecule has 2 N–H and O–H groups in total. The standard InChI is InChI=1S/C10H10N4O4/c1-6-4-8(12-11-6)10(17)18-5-14-3-2-7(13-14)9(15)16/h2-4H,5H2,1H3,(H,11,12)(H,15,16). The van der Waals surface area contributed by atoms with Crippen molar-refractivity contribution in [3.05, 3.63) is 35.4 Å². The van der Waals surface area contributed by atoms with E-state index in [1.807, 2.05) is 0 Å². The first kappa shape index (κ1) is 11.8. The van der Waals surface area contributed by atoms with Crippen molar-refractivity contribution in [2.45, 2.75) is 13.7 Å². The minimum atomic E-state index is -1.14. The first-order valence-electron chi connectivity index (χ1n) is 5.02. The third-order valence-electron chi connectivity index (χ3n) is 2.10. The van der Waals surface area contributed by atoms with Crippen LogP contribution in [0, 0.1) is 6.92 Å². The van der Waals surface area contributed by atoms with Crippen LogP contribution in [0.2, 0.25) is 0 Å². The Bertz CT molecular complexity index is 586. The van der Waals surface area contributed by atoms with Crippen molar-refractivity contribution >= 4 is 11.9 Å². The molecule has 94 valence electrons. The quantitative estimate of drug-likeness (QED) is 0.761. The second kappa shape index (κ2) is 4.70. The monoisotopic (exact) mass is 250 g/mol. The van der Waals surface area contributed by atoms with Crippen molar-refractivity contribution in [3.63, 3.8) is 0 Å². The van der Waals surface area contributed by atoms with Gasteiger partial charge in [-0.25, -0.2) is 14.3 Å². The van der Waals surface area contributed by atoms with E-state index in [-0.39, 0.29) is 18.1 Å².